The summed E-state index contributed by atoms with van der Waals surface area (Å²) in [4.78, 5) is 7.78. The molecule has 0 radical (unpaired) electrons. The minimum Gasteiger partial charge on any atom is -0.489 e. The Balaban J connectivity index is 2.36. The second-order valence-corrected chi connectivity index (χ2v) is 3.71. The maximum atomic E-state index is 5.86. The number of halogens is 1. The Labute approximate surface area is 103 Å². The zero-order chi connectivity index (χ0) is 12.4. The van der Waals surface area contributed by atoms with E-state index in [-0.39, 0.29) is 11.0 Å². The van der Waals surface area contributed by atoms with Crippen LogP contribution in [-0.2, 0) is 7.05 Å². The molecule has 0 aromatic carbocycles. The molecule has 17 heavy (non-hydrogen) atoms. The molecule has 0 aliphatic carbocycles. The second-order valence-electron chi connectivity index (χ2n) is 3.35. The Hall–Kier alpha value is -1.82. The molecule has 0 saturated carbocycles. The molecule has 2 rings (SSSR count). The van der Waals surface area contributed by atoms with E-state index in [1.54, 1.807) is 17.8 Å². The van der Waals surface area contributed by atoms with Gasteiger partial charge in [0.2, 0.25) is 11.6 Å². The van der Waals surface area contributed by atoms with Crippen LogP contribution in [0.1, 0.15) is 5.69 Å². The summed E-state index contributed by atoms with van der Waals surface area (Å²) >= 11 is 5.86. The quantitative estimate of drug-likeness (QED) is 0.784. The highest BCUT2D eigenvalue weighted by Gasteiger charge is 2.14. The Bertz CT molecular complexity index is 541. The number of hydrogen-bond donors (Lipinski definition) is 0. The number of aryl methyl sites for hydroxylation is 2. The van der Waals surface area contributed by atoms with E-state index in [2.05, 4.69) is 15.1 Å². The zero-order valence-electron chi connectivity index (χ0n) is 9.64. The van der Waals surface area contributed by atoms with E-state index in [1.165, 1.54) is 13.4 Å². The molecule has 90 valence electrons. The van der Waals surface area contributed by atoms with Crippen molar-refractivity contribution in [3.05, 3.63) is 23.2 Å². The molecule has 2 aromatic heterocycles. The molecule has 0 saturated heterocycles. The lowest BCUT2D eigenvalue weighted by atomic mass is 10.5. The second kappa shape index (κ2) is 4.58. The number of rotatable bonds is 3. The topological polar surface area (TPSA) is 62.1 Å². The first kappa shape index (κ1) is 11.7. The molecule has 0 amide bonds. The van der Waals surface area contributed by atoms with Gasteiger partial charge < -0.3 is 9.47 Å². The fourth-order valence-electron chi connectivity index (χ4n) is 1.36. The van der Waals surface area contributed by atoms with Gasteiger partial charge in [-0.15, -0.1) is 0 Å². The van der Waals surface area contributed by atoms with Crippen LogP contribution < -0.4 is 9.47 Å². The summed E-state index contributed by atoms with van der Waals surface area (Å²) in [6.07, 6.45) is 1.31. The monoisotopic (exact) mass is 254 g/mol. The summed E-state index contributed by atoms with van der Waals surface area (Å²) in [5.74, 6) is 1.11. The summed E-state index contributed by atoms with van der Waals surface area (Å²) < 4.78 is 12.3. The van der Waals surface area contributed by atoms with Crippen molar-refractivity contribution < 1.29 is 9.47 Å². The summed E-state index contributed by atoms with van der Waals surface area (Å²) in [6.45, 7) is 1.87. The van der Waals surface area contributed by atoms with E-state index < -0.39 is 0 Å². The largest absolute Gasteiger partial charge is 0.489 e. The van der Waals surface area contributed by atoms with Crippen LogP contribution in [0.5, 0.6) is 17.5 Å². The smallest absolute Gasteiger partial charge is 0.268 e. The molecule has 0 bridgehead atoms. The van der Waals surface area contributed by atoms with Gasteiger partial charge in [-0.05, 0) is 6.92 Å². The van der Waals surface area contributed by atoms with Crippen molar-refractivity contribution in [2.45, 2.75) is 6.92 Å². The number of nitrogens with zero attached hydrogens (tertiary/aromatic N) is 4. The van der Waals surface area contributed by atoms with Crippen LogP contribution in [0.15, 0.2) is 12.4 Å². The molecule has 0 N–H and O–H groups in total. The van der Waals surface area contributed by atoms with Crippen LogP contribution in [0.3, 0.4) is 0 Å². The van der Waals surface area contributed by atoms with Gasteiger partial charge in [-0.3, -0.25) is 0 Å². The lowest BCUT2D eigenvalue weighted by molar-refractivity contribution is 0.353. The zero-order valence-corrected chi connectivity index (χ0v) is 10.4. The SMILES string of the molecule is COc1c(Cl)ncnc1Oc1cc(C)nn1C. The van der Waals surface area contributed by atoms with E-state index in [1.807, 2.05) is 6.92 Å². The van der Waals surface area contributed by atoms with E-state index in [0.717, 1.165) is 5.69 Å². The minimum absolute atomic E-state index is 0.205. The number of ether oxygens (including phenoxy) is 2. The molecule has 0 aliphatic heterocycles. The average molecular weight is 255 g/mol. The average Bonchev–Trinajstić information content (AvgIpc) is 2.58. The lowest BCUT2D eigenvalue weighted by Gasteiger charge is -2.08. The molecule has 0 fully saturated rings. The predicted octanol–water partition coefficient (Wildman–Crippen LogP) is 1.97. The van der Waals surface area contributed by atoms with Crippen molar-refractivity contribution in [2.75, 3.05) is 7.11 Å². The van der Waals surface area contributed by atoms with Crippen molar-refractivity contribution in [1.82, 2.24) is 19.7 Å². The van der Waals surface area contributed by atoms with Crippen LogP contribution in [0.25, 0.3) is 0 Å². The van der Waals surface area contributed by atoms with Gasteiger partial charge in [0, 0.05) is 13.1 Å². The van der Waals surface area contributed by atoms with Gasteiger partial charge >= 0.3 is 0 Å². The highest BCUT2D eigenvalue weighted by atomic mass is 35.5. The molecule has 0 atom stereocenters. The number of hydrogen-bond acceptors (Lipinski definition) is 5. The Morgan fingerprint density at radius 3 is 2.71 bits per heavy atom. The first-order valence-electron chi connectivity index (χ1n) is 4.84. The van der Waals surface area contributed by atoms with E-state index in [4.69, 9.17) is 21.1 Å². The van der Waals surface area contributed by atoms with E-state index in [0.29, 0.717) is 11.6 Å². The first-order valence-corrected chi connectivity index (χ1v) is 5.22. The van der Waals surface area contributed by atoms with Gasteiger partial charge in [0.1, 0.15) is 6.33 Å². The lowest BCUT2D eigenvalue weighted by Crippen LogP contribution is -1.99. The molecule has 0 aliphatic rings. The van der Waals surface area contributed by atoms with Crippen LogP contribution in [0.4, 0.5) is 0 Å². The maximum Gasteiger partial charge on any atom is 0.268 e. The van der Waals surface area contributed by atoms with Gasteiger partial charge in [-0.1, -0.05) is 11.6 Å². The number of methoxy groups -OCH3 is 1. The molecule has 2 aromatic rings. The Morgan fingerprint density at radius 1 is 1.35 bits per heavy atom. The third kappa shape index (κ3) is 2.31. The van der Waals surface area contributed by atoms with Crippen LogP contribution in [-0.4, -0.2) is 26.9 Å². The minimum atomic E-state index is 0.205. The van der Waals surface area contributed by atoms with E-state index in [9.17, 15) is 0 Å². The first-order chi connectivity index (χ1) is 8.11. The molecule has 7 heteroatoms. The van der Waals surface area contributed by atoms with Crippen molar-refractivity contribution in [3.8, 4) is 17.5 Å². The fourth-order valence-corrected chi connectivity index (χ4v) is 1.56. The number of aromatic nitrogens is 4. The van der Waals surface area contributed by atoms with Gasteiger partial charge in [0.15, 0.2) is 5.15 Å². The van der Waals surface area contributed by atoms with Gasteiger partial charge in [-0.2, -0.15) is 10.1 Å². The van der Waals surface area contributed by atoms with Crippen molar-refractivity contribution in [1.29, 1.82) is 0 Å². The highest BCUT2D eigenvalue weighted by molar-refractivity contribution is 6.31. The maximum absolute atomic E-state index is 5.86. The van der Waals surface area contributed by atoms with Crippen molar-refractivity contribution >= 4 is 11.6 Å². The Morgan fingerprint density at radius 2 is 2.12 bits per heavy atom. The van der Waals surface area contributed by atoms with Crippen LogP contribution >= 0.6 is 11.6 Å². The summed E-state index contributed by atoms with van der Waals surface area (Å²) in [7, 11) is 3.25. The van der Waals surface area contributed by atoms with Gasteiger partial charge in [0.25, 0.3) is 5.88 Å². The van der Waals surface area contributed by atoms with Gasteiger partial charge in [0.05, 0.1) is 12.8 Å². The van der Waals surface area contributed by atoms with Crippen LogP contribution in [0.2, 0.25) is 5.15 Å². The third-order valence-corrected chi connectivity index (χ3v) is 2.36. The summed E-state index contributed by atoms with van der Waals surface area (Å²) in [5.41, 5.74) is 0.849. The fraction of sp³-hybridized carbons (Fsp3) is 0.300. The normalized spacial score (nSPS) is 10.4. The molecule has 2 heterocycles. The van der Waals surface area contributed by atoms with Crippen LogP contribution in [0, 0.1) is 6.92 Å². The molecule has 0 unspecified atom stereocenters. The van der Waals surface area contributed by atoms with Crippen molar-refractivity contribution in [2.24, 2.45) is 7.05 Å². The third-order valence-electron chi connectivity index (χ3n) is 2.09. The molecular weight excluding hydrogens is 244 g/mol. The highest BCUT2D eigenvalue weighted by Crippen LogP contribution is 2.33. The van der Waals surface area contributed by atoms with E-state index >= 15 is 0 Å². The van der Waals surface area contributed by atoms with Gasteiger partial charge in [-0.25, -0.2) is 9.67 Å². The molecular formula is C10H11ClN4O2. The van der Waals surface area contributed by atoms with Crippen molar-refractivity contribution in [3.63, 3.8) is 0 Å². The summed E-state index contributed by atoms with van der Waals surface area (Å²) in [6, 6.07) is 1.79. The Kier molecular flexibility index (Phi) is 3.14. The standard InChI is InChI=1S/C10H11ClN4O2/c1-6-4-7(15(2)14-6)17-10-8(16-3)9(11)12-5-13-10/h4-5H,1-3H3. The molecule has 6 nitrogen and oxygen atoms in total. The molecule has 0 spiro atoms. The summed E-state index contributed by atoms with van der Waals surface area (Å²) in [5, 5.41) is 4.36. The predicted molar refractivity (Wildman–Crippen MR) is 61.6 cm³/mol.